The predicted octanol–water partition coefficient (Wildman–Crippen LogP) is 2.09. The maximum atomic E-state index is 3.53. The van der Waals surface area contributed by atoms with E-state index < -0.39 is 0 Å². The molecule has 0 saturated carbocycles. The lowest BCUT2D eigenvalue weighted by Gasteiger charge is -2.26. The van der Waals surface area contributed by atoms with Gasteiger partial charge in [-0.15, -0.1) is 0 Å². The summed E-state index contributed by atoms with van der Waals surface area (Å²) in [7, 11) is 0. The fraction of sp³-hybridized carbons (Fsp3) is 0.778. The highest BCUT2D eigenvalue weighted by Gasteiger charge is 2.13. The SMILES string of the molecule is CC=C[C@@H]1CCCC(C)N1. The summed E-state index contributed by atoms with van der Waals surface area (Å²) in [5.74, 6) is 0. The maximum absolute atomic E-state index is 3.53. The summed E-state index contributed by atoms with van der Waals surface area (Å²) < 4.78 is 0. The minimum atomic E-state index is 0.647. The predicted molar refractivity (Wildman–Crippen MR) is 45.1 cm³/mol. The summed E-state index contributed by atoms with van der Waals surface area (Å²) in [6.45, 7) is 4.34. The second-order valence-corrected chi connectivity index (χ2v) is 3.13. The number of allylic oxidation sites excluding steroid dienone is 1. The van der Waals surface area contributed by atoms with Gasteiger partial charge in [-0.3, -0.25) is 0 Å². The van der Waals surface area contributed by atoms with Crippen LogP contribution >= 0.6 is 0 Å². The van der Waals surface area contributed by atoms with Crippen molar-refractivity contribution in [1.82, 2.24) is 5.32 Å². The van der Waals surface area contributed by atoms with Crippen LogP contribution in [0.3, 0.4) is 0 Å². The van der Waals surface area contributed by atoms with Crippen LogP contribution in [0.15, 0.2) is 12.2 Å². The third-order valence-electron chi connectivity index (χ3n) is 2.08. The van der Waals surface area contributed by atoms with Crippen LogP contribution in [0.25, 0.3) is 0 Å². The summed E-state index contributed by atoms with van der Waals surface area (Å²) in [6.07, 6.45) is 8.43. The van der Waals surface area contributed by atoms with E-state index in [1.807, 2.05) is 0 Å². The van der Waals surface area contributed by atoms with Crippen molar-refractivity contribution in [2.75, 3.05) is 0 Å². The third-order valence-corrected chi connectivity index (χ3v) is 2.08. The van der Waals surface area contributed by atoms with Crippen LogP contribution in [-0.4, -0.2) is 12.1 Å². The summed E-state index contributed by atoms with van der Waals surface area (Å²) >= 11 is 0. The van der Waals surface area contributed by atoms with Crippen molar-refractivity contribution in [3.63, 3.8) is 0 Å². The van der Waals surface area contributed by atoms with Gasteiger partial charge in [0, 0.05) is 12.1 Å². The zero-order valence-corrected chi connectivity index (χ0v) is 6.93. The average Bonchev–Trinajstić information content (AvgIpc) is 1.88. The van der Waals surface area contributed by atoms with Crippen molar-refractivity contribution in [3.05, 3.63) is 12.2 Å². The lowest BCUT2D eigenvalue weighted by atomic mass is 9.99. The first-order valence-electron chi connectivity index (χ1n) is 4.22. The molecule has 1 saturated heterocycles. The van der Waals surface area contributed by atoms with Crippen LogP contribution in [0.5, 0.6) is 0 Å². The molecule has 1 unspecified atom stereocenters. The maximum Gasteiger partial charge on any atom is 0.0252 e. The number of hydrogen-bond acceptors (Lipinski definition) is 1. The third kappa shape index (κ3) is 2.14. The number of piperidine rings is 1. The van der Waals surface area contributed by atoms with Crippen molar-refractivity contribution < 1.29 is 0 Å². The Morgan fingerprint density at radius 2 is 2.20 bits per heavy atom. The Hall–Kier alpha value is -0.300. The molecule has 2 atom stereocenters. The van der Waals surface area contributed by atoms with Crippen LogP contribution in [0.2, 0.25) is 0 Å². The first-order valence-corrected chi connectivity index (χ1v) is 4.22. The summed E-state index contributed by atoms with van der Waals surface area (Å²) in [4.78, 5) is 0. The van der Waals surface area contributed by atoms with Crippen LogP contribution in [-0.2, 0) is 0 Å². The lowest BCUT2D eigenvalue weighted by Crippen LogP contribution is -2.39. The molecule has 58 valence electrons. The van der Waals surface area contributed by atoms with E-state index in [2.05, 4.69) is 31.3 Å². The van der Waals surface area contributed by atoms with Gasteiger partial charge in [0.2, 0.25) is 0 Å². The van der Waals surface area contributed by atoms with Crippen molar-refractivity contribution >= 4 is 0 Å². The van der Waals surface area contributed by atoms with Crippen LogP contribution in [0.1, 0.15) is 33.1 Å². The summed E-state index contributed by atoms with van der Waals surface area (Å²) in [5.41, 5.74) is 0. The highest BCUT2D eigenvalue weighted by Crippen LogP contribution is 2.12. The van der Waals surface area contributed by atoms with Crippen LogP contribution < -0.4 is 5.32 Å². The first kappa shape index (κ1) is 7.80. The van der Waals surface area contributed by atoms with Crippen molar-refractivity contribution in [2.24, 2.45) is 0 Å². The Morgan fingerprint density at radius 1 is 1.40 bits per heavy atom. The largest absolute Gasteiger partial charge is 0.308 e. The molecule has 1 fully saturated rings. The molecule has 0 bridgehead atoms. The zero-order chi connectivity index (χ0) is 7.40. The van der Waals surface area contributed by atoms with E-state index in [0.717, 1.165) is 6.04 Å². The minimum Gasteiger partial charge on any atom is -0.308 e. The van der Waals surface area contributed by atoms with E-state index in [4.69, 9.17) is 0 Å². The van der Waals surface area contributed by atoms with Gasteiger partial charge in [0.25, 0.3) is 0 Å². The van der Waals surface area contributed by atoms with Crippen molar-refractivity contribution in [1.29, 1.82) is 0 Å². The molecule has 0 aliphatic carbocycles. The van der Waals surface area contributed by atoms with E-state index in [0.29, 0.717) is 6.04 Å². The molecule has 1 rings (SSSR count). The van der Waals surface area contributed by atoms with Gasteiger partial charge in [0.05, 0.1) is 0 Å². The van der Waals surface area contributed by atoms with E-state index in [9.17, 15) is 0 Å². The number of rotatable bonds is 1. The van der Waals surface area contributed by atoms with E-state index in [1.165, 1.54) is 19.3 Å². The molecule has 1 heteroatoms. The normalized spacial score (nSPS) is 35.0. The molecule has 0 spiro atoms. The topological polar surface area (TPSA) is 12.0 Å². The number of nitrogens with one attached hydrogen (secondary N) is 1. The Balaban J connectivity index is 2.32. The molecule has 0 aromatic heterocycles. The van der Waals surface area contributed by atoms with E-state index >= 15 is 0 Å². The highest BCUT2D eigenvalue weighted by atomic mass is 14.9. The lowest BCUT2D eigenvalue weighted by molar-refractivity contribution is 0.374. The smallest absolute Gasteiger partial charge is 0.0252 e. The van der Waals surface area contributed by atoms with Gasteiger partial charge in [-0.05, 0) is 26.7 Å². The summed E-state index contributed by atoms with van der Waals surface area (Å²) in [5, 5.41) is 3.53. The monoisotopic (exact) mass is 139 g/mol. The van der Waals surface area contributed by atoms with E-state index in [-0.39, 0.29) is 0 Å². The molecule has 1 aliphatic heterocycles. The first-order chi connectivity index (χ1) is 4.83. The quantitative estimate of drug-likeness (QED) is 0.548. The van der Waals surface area contributed by atoms with Gasteiger partial charge in [-0.25, -0.2) is 0 Å². The van der Waals surface area contributed by atoms with Gasteiger partial charge >= 0.3 is 0 Å². The van der Waals surface area contributed by atoms with Gasteiger partial charge in [-0.1, -0.05) is 18.6 Å². The van der Waals surface area contributed by atoms with Crippen molar-refractivity contribution in [3.8, 4) is 0 Å². The molecule has 0 aromatic carbocycles. The minimum absolute atomic E-state index is 0.647. The average molecular weight is 139 g/mol. The molecule has 1 aliphatic rings. The Labute approximate surface area is 63.5 Å². The number of hydrogen-bond donors (Lipinski definition) is 1. The Bertz CT molecular complexity index is 118. The second-order valence-electron chi connectivity index (χ2n) is 3.13. The molecule has 0 amide bonds. The van der Waals surface area contributed by atoms with Crippen LogP contribution in [0.4, 0.5) is 0 Å². The Kier molecular flexibility index (Phi) is 2.94. The second kappa shape index (κ2) is 3.77. The van der Waals surface area contributed by atoms with Gasteiger partial charge < -0.3 is 5.32 Å². The fourth-order valence-corrected chi connectivity index (χ4v) is 1.56. The highest BCUT2D eigenvalue weighted by molar-refractivity contribution is 4.94. The molecule has 1 nitrogen and oxygen atoms in total. The van der Waals surface area contributed by atoms with Gasteiger partial charge in [0.15, 0.2) is 0 Å². The van der Waals surface area contributed by atoms with Gasteiger partial charge in [0.1, 0.15) is 0 Å². The van der Waals surface area contributed by atoms with Crippen LogP contribution in [0, 0.1) is 0 Å². The fourth-order valence-electron chi connectivity index (χ4n) is 1.56. The standard InChI is InChI=1S/C9H17N/c1-3-5-9-7-4-6-8(2)10-9/h3,5,8-10H,4,6-7H2,1-2H3/t8?,9-/m1/s1. The molecular formula is C9H17N. The molecule has 0 aromatic rings. The Morgan fingerprint density at radius 3 is 2.80 bits per heavy atom. The summed E-state index contributed by atoms with van der Waals surface area (Å²) in [6, 6.07) is 1.36. The molecule has 10 heavy (non-hydrogen) atoms. The van der Waals surface area contributed by atoms with Gasteiger partial charge in [-0.2, -0.15) is 0 Å². The zero-order valence-electron chi connectivity index (χ0n) is 6.93. The molecule has 0 radical (unpaired) electrons. The van der Waals surface area contributed by atoms with Crippen molar-refractivity contribution in [2.45, 2.75) is 45.2 Å². The van der Waals surface area contributed by atoms with E-state index in [1.54, 1.807) is 0 Å². The molecule has 1 heterocycles. The molecular weight excluding hydrogens is 122 g/mol. The molecule has 1 N–H and O–H groups in total.